The maximum Gasteiger partial charge on any atom is 0.239 e. The second-order valence-corrected chi connectivity index (χ2v) is 5.28. The lowest BCUT2D eigenvalue weighted by Crippen LogP contribution is -2.50. The highest BCUT2D eigenvalue weighted by atomic mass is 35.5. The molecular weight excluding hydrogens is 276 g/mol. The van der Waals surface area contributed by atoms with Crippen molar-refractivity contribution < 1.29 is 9.53 Å². The van der Waals surface area contributed by atoms with E-state index in [9.17, 15) is 4.79 Å². The molecular formula is C15H23ClN2O2. The van der Waals surface area contributed by atoms with Gasteiger partial charge in [0.2, 0.25) is 5.91 Å². The first-order valence-corrected chi connectivity index (χ1v) is 6.76. The van der Waals surface area contributed by atoms with E-state index in [0.717, 1.165) is 12.8 Å². The predicted octanol–water partition coefficient (Wildman–Crippen LogP) is 1.62. The van der Waals surface area contributed by atoms with Crippen LogP contribution in [0.1, 0.15) is 24.8 Å². The molecule has 1 atom stereocenters. The van der Waals surface area contributed by atoms with E-state index >= 15 is 0 Å². The van der Waals surface area contributed by atoms with Crippen LogP contribution in [0.3, 0.4) is 0 Å². The number of ether oxygens (including phenoxy) is 1. The fourth-order valence-electron chi connectivity index (χ4n) is 2.61. The van der Waals surface area contributed by atoms with Gasteiger partial charge in [0.1, 0.15) is 6.04 Å². The van der Waals surface area contributed by atoms with Crippen molar-refractivity contribution in [2.24, 2.45) is 5.73 Å². The summed E-state index contributed by atoms with van der Waals surface area (Å²) in [5.41, 5.74) is 7.13. The molecule has 0 radical (unpaired) electrons. The third-order valence-electron chi connectivity index (χ3n) is 3.98. The lowest BCUT2D eigenvalue weighted by molar-refractivity contribution is -0.123. The third-order valence-corrected chi connectivity index (χ3v) is 3.98. The van der Waals surface area contributed by atoms with Crippen LogP contribution in [0.5, 0.6) is 0 Å². The summed E-state index contributed by atoms with van der Waals surface area (Å²) in [6, 6.07) is 9.81. The van der Waals surface area contributed by atoms with Gasteiger partial charge in [-0.2, -0.15) is 0 Å². The predicted molar refractivity (Wildman–Crippen MR) is 82.1 cm³/mol. The smallest absolute Gasteiger partial charge is 0.239 e. The van der Waals surface area contributed by atoms with Crippen LogP contribution in [0.2, 0.25) is 0 Å². The zero-order chi connectivity index (χ0) is 13.7. The molecule has 112 valence electrons. The molecule has 1 aliphatic carbocycles. The van der Waals surface area contributed by atoms with Crippen molar-refractivity contribution in [2.45, 2.75) is 30.7 Å². The van der Waals surface area contributed by atoms with Crippen molar-refractivity contribution in [3.63, 3.8) is 0 Å². The van der Waals surface area contributed by atoms with Gasteiger partial charge in [0, 0.05) is 19.1 Å². The van der Waals surface area contributed by atoms with Gasteiger partial charge in [-0.05, 0) is 18.4 Å². The van der Waals surface area contributed by atoms with E-state index in [-0.39, 0.29) is 30.3 Å². The van der Waals surface area contributed by atoms with Crippen molar-refractivity contribution in [3.8, 4) is 0 Å². The Morgan fingerprint density at radius 3 is 2.55 bits per heavy atom. The molecule has 1 amide bonds. The van der Waals surface area contributed by atoms with Gasteiger partial charge in [-0.25, -0.2) is 0 Å². The molecule has 0 heterocycles. The van der Waals surface area contributed by atoms with Crippen molar-refractivity contribution in [1.82, 2.24) is 5.32 Å². The Morgan fingerprint density at radius 2 is 2.05 bits per heavy atom. The Hall–Kier alpha value is -1.10. The largest absolute Gasteiger partial charge is 0.383 e. The van der Waals surface area contributed by atoms with Crippen molar-refractivity contribution in [3.05, 3.63) is 35.9 Å². The first-order chi connectivity index (χ1) is 9.18. The van der Waals surface area contributed by atoms with Gasteiger partial charge >= 0.3 is 0 Å². The number of rotatable bonds is 6. The molecule has 0 aliphatic heterocycles. The van der Waals surface area contributed by atoms with E-state index in [4.69, 9.17) is 10.5 Å². The second-order valence-electron chi connectivity index (χ2n) is 5.28. The molecule has 3 N–H and O–H groups in total. The lowest BCUT2D eigenvalue weighted by Gasteiger charge is -2.42. The van der Waals surface area contributed by atoms with Crippen molar-refractivity contribution >= 4 is 18.3 Å². The summed E-state index contributed by atoms with van der Waals surface area (Å²) in [7, 11) is 1.55. The average Bonchev–Trinajstić information content (AvgIpc) is 2.39. The maximum atomic E-state index is 11.8. The van der Waals surface area contributed by atoms with Crippen LogP contribution in [0.15, 0.2) is 30.3 Å². The highest BCUT2D eigenvalue weighted by molar-refractivity contribution is 5.85. The van der Waals surface area contributed by atoms with E-state index in [1.165, 1.54) is 12.0 Å². The summed E-state index contributed by atoms with van der Waals surface area (Å²) in [4.78, 5) is 11.8. The van der Waals surface area contributed by atoms with Gasteiger partial charge in [-0.1, -0.05) is 36.8 Å². The molecule has 1 saturated carbocycles. The molecule has 5 heteroatoms. The van der Waals surface area contributed by atoms with Gasteiger partial charge in [-0.15, -0.1) is 12.4 Å². The fourth-order valence-corrected chi connectivity index (χ4v) is 2.61. The molecule has 2 rings (SSSR count). The number of amides is 1. The molecule has 4 nitrogen and oxygen atoms in total. The molecule has 1 aliphatic rings. The summed E-state index contributed by atoms with van der Waals surface area (Å²) in [5.74, 6) is -0.135. The Bertz CT molecular complexity index is 421. The standard InChI is InChI=1S/C15H22N2O2.ClH/c1-19-10-13(16)14(18)17-11-15(8-5-9-15)12-6-3-2-4-7-12;/h2-4,6-7,13H,5,8-11,16H2,1H3,(H,17,18);1H. The third kappa shape index (κ3) is 3.72. The number of halogens is 1. The molecule has 1 aromatic rings. The number of carbonyl (C=O) groups excluding carboxylic acids is 1. The van der Waals surface area contributed by atoms with E-state index in [1.807, 2.05) is 18.2 Å². The maximum absolute atomic E-state index is 11.8. The van der Waals surface area contributed by atoms with E-state index in [1.54, 1.807) is 7.11 Å². The molecule has 0 aromatic heterocycles. The number of nitrogens with two attached hydrogens (primary N) is 1. The van der Waals surface area contributed by atoms with Crippen LogP contribution in [-0.2, 0) is 14.9 Å². The monoisotopic (exact) mass is 298 g/mol. The van der Waals surface area contributed by atoms with Gasteiger partial charge in [0.25, 0.3) is 0 Å². The highest BCUT2D eigenvalue weighted by Crippen LogP contribution is 2.43. The van der Waals surface area contributed by atoms with Crippen molar-refractivity contribution in [2.75, 3.05) is 20.3 Å². The number of hydrogen-bond donors (Lipinski definition) is 2. The Morgan fingerprint density at radius 1 is 1.40 bits per heavy atom. The molecule has 0 saturated heterocycles. The van der Waals surface area contributed by atoms with E-state index < -0.39 is 6.04 Å². The van der Waals surface area contributed by atoms with Gasteiger partial charge in [0.05, 0.1) is 6.61 Å². The Kier molecular flexibility index (Phi) is 6.46. The summed E-state index contributed by atoms with van der Waals surface area (Å²) in [6.45, 7) is 0.914. The number of hydrogen-bond acceptors (Lipinski definition) is 3. The SMILES string of the molecule is COCC(N)C(=O)NCC1(c2ccccc2)CCC1.Cl. The van der Waals surface area contributed by atoms with Crippen LogP contribution in [0.25, 0.3) is 0 Å². The van der Waals surface area contributed by atoms with Crippen LogP contribution in [0.4, 0.5) is 0 Å². The normalized spacial score (nSPS) is 17.5. The fraction of sp³-hybridized carbons (Fsp3) is 0.533. The van der Waals surface area contributed by atoms with Crippen molar-refractivity contribution in [1.29, 1.82) is 0 Å². The van der Waals surface area contributed by atoms with E-state index in [2.05, 4.69) is 17.4 Å². The minimum atomic E-state index is -0.585. The molecule has 20 heavy (non-hydrogen) atoms. The number of nitrogens with one attached hydrogen (secondary N) is 1. The highest BCUT2D eigenvalue weighted by Gasteiger charge is 2.38. The molecule has 1 fully saturated rings. The van der Waals surface area contributed by atoms with Crippen LogP contribution >= 0.6 is 12.4 Å². The lowest BCUT2D eigenvalue weighted by atomic mass is 9.64. The van der Waals surface area contributed by atoms with Gasteiger partial charge in [0.15, 0.2) is 0 Å². The minimum Gasteiger partial charge on any atom is -0.383 e. The van der Waals surface area contributed by atoms with E-state index in [0.29, 0.717) is 6.54 Å². The zero-order valence-corrected chi connectivity index (χ0v) is 12.6. The molecule has 0 spiro atoms. The van der Waals surface area contributed by atoms with Crippen LogP contribution in [0, 0.1) is 0 Å². The second kappa shape index (κ2) is 7.62. The van der Waals surface area contributed by atoms with Crippen LogP contribution < -0.4 is 11.1 Å². The molecule has 0 bridgehead atoms. The zero-order valence-electron chi connectivity index (χ0n) is 11.8. The summed E-state index contributed by atoms with van der Waals surface area (Å²) in [6.07, 6.45) is 3.46. The van der Waals surface area contributed by atoms with Crippen LogP contribution in [-0.4, -0.2) is 32.2 Å². The number of carbonyl (C=O) groups is 1. The molecule has 1 aromatic carbocycles. The summed E-state index contributed by atoms with van der Waals surface area (Å²) >= 11 is 0. The Labute approximate surface area is 126 Å². The number of methoxy groups -OCH3 is 1. The number of benzene rings is 1. The van der Waals surface area contributed by atoms with Gasteiger partial charge < -0.3 is 15.8 Å². The average molecular weight is 299 g/mol. The quantitative estimate of drug-likeness (QED) is 0.839. The minimum absolute atomic E-state index is 0. The first-order valence-electron chi connectivity index (χ1n) is 6.76. The topological polar surface area (TPSA) is 64.3 Å². The first kappa shape index (κ1) is 17.0. The summed E-state index contributed by atoms with van der Waals surface area (Å²) < 4.78 is 4.90. The summed E-state index contributed by atoms with van der Waals surface area (Å²) in [5, 5.41) is 2.96. The molecule has 1 unspecified atom stereocenters. The van der Waals surface area contributed by atoms with Gasteiger partial charge in [-0.3, -0.25) is 4.79 Å². The Balaban J connectivity index is 0.00000200.